The van der Waals surface area contributed by atoms with Crippen molar-refractivity contribution >= 4 is 6.29 Å². The molecule has 0 aromatic carbocycles. The maximum atomic E-state index is 9.91. The Morgan fingerprint density at radius 1 is 1.33 bits per heavy atom. The molecule has 1 unspecified atom stereocenters. The second-order valence-corrected chi connectivity index (χ2v) is 1.73. The SMILES string of the molecule is O=CC(CO)[C@H](O)CO. The van der Waals surface area contributed by atoms with E-state index in [1.165, 1.54) is 0 Å². The number of aliphatic hydroxyl groups is 3. The molecule has 0 saturated heterocycles. The predicted octanol–water partition coefficient (Wildman–Crippen LogP) is -1.85. The Hall–Kier alpha value is -0.450. The summed E-state index contributed by atoms with van der Waals surface area (Å²) in [6.07, 6.45) is -0.714. The molecule has 3 N–H and O–H groups in total. The van der Waals surface area contributed by atoms with Crippen molar-refractivity contribution in [3.63, 3.8) is 0 Å². The van der Waals surface area contributed by atoms with Gasteiger partial charge in [0.05, 0.1) is 25.2 Å². The highest BCUT2D eigenvalue weighted by Crippen LogP contribution is 1.96. The van der Waals surface area contributed by atoms with E-state index < -0.39 is 25.2 Å². The third-order valence-electron chi connectivity index (χ3n) is 1.07. The number of hydrogen-bond acceptors (Lipinski definition) is 4. The minimum Gasteiger partial charge on any atom is -0.396 e. The van der Waals surface area contributed by atoms with Gasteiger partial charge in [-0.15, -0.1) is 0 Å². The fourth-order valence-electron chi connectivity index (χ4n) is 0.391. The zero-order valence-corrected chi connectivity index (χ0v) is 4.90. The van der Waals surface area contributed by atoms with Gasteiger partial charge in [0.15, 0.2) is 0 Å². The van der Waals surface area contributed by atoms with E-state index >= 15 is 0 Å². The third-order valence-corrected chi connectivity index (χ3v) is 1.07. The van der Waals surface area contributed by atoms with E-state index in [0.29, 0.717) is 6.29 Å². The van der Waals surface area contributed by atoms with Crippen molar-refractivity contribution < 1.29 is 20.1 Å². The highest BCUT2D eigenvalue weighted by Gasteiger charge is 2.15. The van der Waals surface area contributed by atoms with E-state index in [4.69, 9.17) is 15.3 Å². The molecule has 0 aliphatic rings. The van der Waals surface area contributed by atoms with Crippen molar-refractivity contribution in [2.24, 2.45) is 5.92 Å². The van der Waals surface area contributed by atoms with E-state index in [9.17, 15) is 4.79 Å². The smallest absolute Gasteiger partial charge is 0.128 e. The van der Waals surface area contributed by atoms with Gasteiger partial charge in [-0.2, -0.15) is 0 Å². The zero-order valence-electron chi connectivity index (χ0n) is 4.90. The molecule has 54 valence electrons. The minimum absolute atomic E-state index is 0.418. The molecule has 0 heterocycles. The molecule has 0 aliphatic carbocycles. The van der Waals surface area contributed by atoms with E-state index in [1.54, 1.807) is 0 Å². The molecule has 0 spiro atoms. The van der Waals surface area contributed by atoms with Gasteiger partial charge < -0.3 is 20.1 Å². The molecule has 0 aromatic heterocycles. The summed E-state index contributed by atoms with van der Waals surface area (Å²) in [5.41, 5.74) is 0. The van der Waals surface area contributed by atoms with Gasteiger partial charge >= 0.3 is 0 Å². The van der Waals surface area contributed by atoms with Crippen LogP contribution in [0.25, 0.3) is 0 Å². The molecule has 0 aliphatic heterocycles. The van der Waals surface area contributed by atoms with Gasteiger partial charge in [0.25, 0.3) is 0 Å². The Morgan fingerprint density at radius 3 is 2.00 bits per heavy atom. The van der Waals surface area contributed by atoms with Crippen molar-refractivity contribution in [3.05, 3.63) is 0 Å². The van der Waals surface area contributed by atoms with E-state index in [1.807, 2.05) is 0 Å². The molecule has 0 bridgehead atoms. The summed E-state index contributed by atoms with van der Waals surface area (Å²) in [6, 6.07) is 0. The molecule has 0 saturated carbocycles. The zero-order chi connectivity index (χ0) is 7.28. The third kappa shape index (κ3) is 2.55. The molecule has 9 heavy (non-hydrogen) atoms. The highest BCUT2D eigenvalue weighted by atomic mass is 16.3. The van der Waals surface area contributed by atoms with Gasteiger partial charge in [-0.3, -0.25) is 0 Å². The van der Waals surface area contributed by atoms with Crippen LogP contribution in [-0.2, 0) is 4.79 Å². The standard InChI is InChI=1S/C5H10O4/c6-1-4(2-7)5(9)3-8/h1,4-5,7-9H,2-3H2/t4?,5-/m1/s1. The molecule has 0 aromatic rings. The van der Waals surface area contributed by atoms with Crippen LogP contribution in [0.5, 0.6) is 0 Å². The summed E-state index contributed by atoms with van der Waals surface area (Å²) in [5, 5.41) is 25.2. The summed E-state index contributed by atoms with van der Waals surface area (Å²) >= 11 is 0. The van der Waals surface area contributed by atoms with E-state index in [2.05, 4.69) is 0 Å². The lowest BCUT2D eigenvalue weighted by Gasteiger charge is -2.10. The van der Waals surface area contributed by atoms with Crippen LogP contribution in [0, 0.1) is 5.92 Å². The number of rotatable bonds is 4. The minimum atomic E-state index is -1.13. The molecular weight excluding hydrogens is 124 g/mol. The van der Waals surface area contributed by atoms with E-state index in [0.717, 1.165) is 0 Å². The number of aliphatic hydroxyl groups excluding tert-OH is 3. The normalized spacial score (nSPS) is 16.8. The average molecular weight is 134 g/mol. The maximum absolute atomic E-state index is 9.91. The second-order valence-electron chi connectivity index (χ2n) is 1.73. The predicted molar refractivity (Wildman–Crippen MR) is 29.7 cm³/mol. The number of aldehydes is 1. The Labute approximate surface area is 52.7 Å². The van der Waals surface area contributed by atoms with Gasteiger partial charge in [0, 0.05) is 0 Å². The Balaban J connectivity index is 3.63. The fourth-order valence-corrected chi connectivity index (χ4v) is 0.391. The first-order chi connectivity index (χ1) is 4.26. The summed E-state index contributed by atoms with van der Waals surface area (Å²) in [7, 11) is 0. The molecule has 4 nitrogen and oxygen atoms in total. The van der Waals surface area contributed by atoms with Gasteiger partial charge in [-0.25, -0.2) is 0 Å². The molecular formula is C5H10O4. The monoisotopic (exact) mass is 134 g/mol. The van der Waals surface area contributed by atoms with Gasteiger partial charge in [0.2, 0.25) is 0 Å². The summed E-state index contributed by atoms with van der Waals surface area (Å²) in [5.74, 6) is -0.852. The average Bonchev–Trinajstić information content (AvgIpc) is 1.90. The van der Waals surface area contributed by atoms with Gasteiger partial charge in [0.1, 0.15) is 6.29 Å². The number of carbonyl (C=O) groups excluding carboxylic acids is 1. The van der Waals surface area contributed by atoms with Crippen LogP contribution in [-0.4, -0.2) is 40.9 Å². The van der Waals surface area contributed by atoms with Crippen LogP contribution in [0.2, 0.25) is 0 Å². The number of carbonyl (C=O) groups is 1. The molecule has 2 atom stereocenters. The van der Waals surface area contributed by atoms with Crippen molar-refractivity contribution in [1.29, 1.82) is 0 Å². The van der Waals surface area contributed by atoms with Crippen LogP contribution < -0.4 is 0 Å². The Bertz CT molecular complexity index is 83.0. The highest BCUT2D eigenvalue weighted by molar-refractivity contribution is 5.54. The van der Waals surface area contributed by atoms with Gasteiger partial charge in [-0.05, 0) is 0 Å². The van der Waals surface area contributed by atoms with Crippen molar-refractivity contribution in [1.82, 2.24) is 0 Å². The van der Waals surface area contributed by atoms with Crippen molar-refractivity contribution in [3.8, 4) is 0 Å². The first-order valence-corrected chi connectivity index (χ1v) is 2.61. The molecule has 0 amide bonds. The maximum Gasteiger partial charge on any atom is 0.128 e. The first kappa shape index (κ1) is 8.55. The lowest BCUT2D eigenvalue weighted by atomic mass is 10.1. The Kier molecular flexibility index (Phi) is 4.21. The van der Waals surface area contributed by atoms with Crippen LogP contribution in [0.15, 0.2) is 0 Å². The van der Waals surface area contributed by atoms with Crippen molar-refractivity contribution in [2.75, 3.05) is 13.2 Å². The largest absolute Gasteiger partial charge is 0.396 e. The van der Waals surface area contributed by atoms with Crippen LogP contribution in [0.1, 0.15) is 0 Å². The molecule has 0 radical (unpaired) electrons. The fraction of sp³-hybridized carbons (Fsp3) is 0.800. The lowest BCUT2D eigenvalue weighted by Crippen LogP contribution is -2.28. The molecule has 0 fully saturated rings. The molecule has 4 heteroatoms. The lowest BCUT2D eigenvalue weighted by molar-refractivity contribution is -0.117. The van der Waals surface area contributed by atoms with Crippen LogP contribution in [0.4, 0.5) is 0 Å². The van der Waals surface area contributed by atoms with Gasteiger partial charge in [-0.1, -0.05) is 0 Å². The number of hydrogen-bond donors (Lipinski definition) is 3. The Morgan fingerprint density at radius 2 is 1.89 bits per heavy atom. The first-order valence-electron chi connectivity index (χ1n) is 2.61. The summed E-state index contributed by atoms with van der Waals surface area (Å²) in [4.78, 5) is 9.91. The summed E-state index contributed by atoms with van der Waals surface area (Å²) in [6.45, 7) is -0.921. The topological polar surface area (TPSA) is 77.8 Å². The molecule has 0 rings (SSSR count). The van der Waals surface area contributed by atoms with E-state index in [-0.39, 0.29) is 0 Å². The van der Waals surface area contributed by atoms with Crippen molar-refractivity contribution in [2.45, 2.75) is 6.10 Å². The second kappa shape index (κ2) is 4.43. The summed E-state index contributed by atoms with van der Waals surface area (Å²) < 4.78 is 0. The quantitative estimate of drug-likeness (QED) is 0.394. The van der Waals surface area contributed by atoms with Crippen LogP contribution >= 0.6 is 0 Å². The van der Waals surface area contributed by atoms with Crippen LogP contribution in [0.3, 0.4) is 0 Å².